The van der Waals surface area contributed by atoms with Crippen LogP contribution in [-0.2, 0) is 10.8 Å². The van der Waals surface area contributed by atoms with Crippen LogP contribution in [0.25, 0.3) is 11.0 Å². The molecule has 1 aromatic heterocycles. The van der Waals surface area contributed by atoms with Crippen LogP contribution in [0.3, 0.4) is 0 Å². The molecule has 2 rings (SSSR count). The van der Waals surface area contributed by atoms with E-state index < -0.39 is 0 Å². The molecular formula is C27H46N2OS. The zero-order chi connectivity index (χ0) is 23.1. The minimum Gasteiger partial charge on any atom is -0.493 e. The second-order valence-corrected chi connectivity index (χ2v) is 11.7. The number of nitrogens with zero attached hydrogens (tertiary/aromatic N) is 2. The number of unbranched alkanes of at least 4 members (excludes halogenated alkanes) is 9. The normalized spacial score (nSPS) is 12.6. The molecule has 31 heavy (non-hydrogen) atoms. The highest BCUT2D eigenvalue weighted by Crippen LogP contribution is 2.45. The molecule has 0 saturated heterocycles. The first-order valence-electron chi connectivity index (χ1n) is 12.5. The van der Waals surface area contributed by atoms with Gasteiger partial charge in [-0.1, -0.05) is 106 Å². The first-order chi connectivity index (χ1) is 14.6. The van der Waals surface area contributed by atoms with E-state index in [1.54, 1.807) is 0 Å². The molecule has 0 saturated carbocycles. The molecule has 176 valence electrons. The molecule has 0 N–H and O–H groups in total. The molecule has 0 fully saturated rings. The maximum absolute atomic E-state index is 6.52. The van der Waals surface area contributed by atoms with E-state index in [-0.39, 0.29) is 10.8 Å². The number of rotatable bonds is 12. The molecule has 1 aromatic carbocycles. The van der Waals surface area contributed by atoms with Gasteiger partial charge >= 0.3 is 0 Å². The van der Waals surface area contributed by atoms with Crippen molar-refractivity contribution in [2.75, 3.05) is 6.61 Å². The number of hydrogen-bond acceptors (Lipinski definition) is 4. The van der Waals surface area contributed by atoms with Gasteiger partial charge in [-0.25, -0.2) is 0 Å². The van der Waals surface area contributed by atoms with Crippen molar-refractivity contribution < 1.29 is 4.74 Å². The Balaban J connectivity index is 2.02. The quantitative estimate of drug-likeness (QED) is 0.305. The van der Waals surface area contributed by atoms with Crippen molar-refractivity contribution in [1.29, 1.82) is 0 Å². The minimum absolute atomic E-state index is 0.00371. The van der Waals surface area contributed by atoms with E-state index in [9.17, 15) is 0 Å². The zero-order valence-electron chi connectivity index (χ0n) is 21.5. The van der Waals surface area contributed by atoms with Gasteiger partial charge in [0.2, 0.25) is 0 Å². The van der Waals surface area contributed by atoms with Crippen molar-refractivity contribution >= 4 is 22.8 Å². The molecule has 0 unspecified atom stereocenters. The molecule has 0 spiro atoms. The maximum Gasteiger partial charge on any atom is 0.128 e. The van der Waals surface area contributed by atoms with Crippen LogP contribution in [0.1, 0.15) is 129 Å². The summed E-state index contributed by atoms with van der Waals surface area (Å²) < 4.78 is 15.9. The van der Waals surface area contributed by atoms with Gasteiger partial charge in [0.05, 0.1) is 18.3 Å². The second-order valence-electron chi connectivity index (χ2n) is 11.2. The van der Waals surface area contributed by atoms with Crippen LogP contribution in [0.4, 0.5) is 0 Å². The molecule has 0 bridgehead atoms. The lowest BCUT2D eigenvalue weighted by Gasteiger charge is -2.29. The lowest BCUT2D eigenvalue weighted by atomic mass is 9.77. The van der Waals surface area contributed by atoms with Crippen molar-refractivity contribution in [2.24, 2.45) is 0 Å². The summed E-state index contributed by atoms with van der Waals surface area (Å²) in [7, 11) is 0. The monoisotopic (exact) mass is 446 g/mol. The average Bonchev–Trinajstić information content (AvgIpc) is 3.12. The van der Waals surface area contributed by atoms with Crippen molar-refractivity contribution in [3.8, 4) is 5.75 Å². The standard InChI is InChI=1S/C27H46N2OS/c1-9-10-11-12-13-14-15-16-17-18-19-30-25-20(2)21(26(3,4)5)23-24(29-31-28-23)22(25)27(6,7)8/h9-19H2,1-8H3. The molecule has 0 amide bonds. The van der Waals surface area contributed by atoms with E-state index in [4.69, 9.17) is 13.5 Å². The summed E-state index contributed by atoms with van der Waals surface area (Å²) >= 11 is 1.32. The summed E-state index contributed by atoms with van der Waals surface area (Å²) in [5.74, 6) is 1.05. The topological polar surface area (TPSA) is 35.0 Å². The maximum atomic E-state index is 6.52. The first kappa shape index (κ1) is 26.1. The van der Waals surface area contributed by atoms with E-state index in [0.717, 1.165) is 29.8 Å². The second kappa shape index (κ2) is 11.6. The van der Waals surface area contributed by atoms with Crippen molar-refractivity contribution in [1.82, 2.24) is 8.75 Å². The Kier molecular flexibility index (Phi) is 9.79. The van der Waals surface area contributed by atoms with Gasteiger partial charge in [-0.3, -0.25) is 0 Å². The number of hydrogen-bond donors (Lipinski definition) is 0. The van der Waals surface area contributed by atoms with Gasteiger partial charge in [-0.2, -0.15) is 8.75 Å². The van der Waals surface area contributed by atoms with Crippen LogP contribution in [0, 0.1) is 6.92 Å². The summed E-state index contributed by atoms with van der Waals surface area (Å²) in [6.45, 7) is 18.8. The SMILES string of the molecule is CCCCCCCCCCCCOc1c(C)c(C(C)(C)C)c2nsnc2c1C(C)(C)C. The molecule has 0 atom stereocenters. The Labute approximate surface area is 195 Å². The average molecular weight is 447 g/mol. The number of aromatic nitrogens is 2. The fourth-order valence-corrected chi connectivity index (χ4v) is 5.22. The smallest absolute Gasteiger partial charge is 0.128 e. The summed E-state index contributed by atoms with van der Waals surface area (Å²) in [5.41, 5.74) is 5.80. The highest BCUT2D eigenvalue weighted by atomic mass is 32.1. The number of benzene rings is 1. The van der Waals surface area contributed by atoms with Crippen molar-refractivity contribution in [3.63, 3.8) is 0 Å². The van der Waals surface area contributed by atoms with Gasteiger partial charge < -0.3 is 4.74 Å². The Hall–Kier alpha value is -1.16. The molecule has 0 radical (unpaired) electrons. The van der Waals surface area contributed by atoms with Crippen molar-refractivity contribution in [2.45, 2.75) is 130 Å². The zero-order valence-corrected chi connectivity index (χ0v) is 22.3. The number of fused-ring (bicyclic) bond motifs is 1. The summed E-state index contributed by atoms with van der Waals surface area (Å²) in [4.78, 5) is 0. The molecule has 1 heterocycles. The lowest BCUT2D eigenvalue weighted by molar-refractivity contribution is 0.294. The van der Waals surface area contributed by atoms with Crippen LogP contribution >= 0.6 is 11.7 Å². The van der Waals surface area contributed by atoms with Crippen molar-refractivity contribution in [3.05, 3.63) is 16.7 Å². The van der Waals surface area contributed by atoms with Gasteiger partial charge in [-0.15, -0.1) is 0 Å². The van der Waals surface area contributed by atoms with Crippen LogP contribution in [0.2, 0.25) is 0 Å². The van der Waals surface area contributed by atoms with Crippen LogP contribution in [0.15, 0.2) is 0 Å². The van der Waals surface area contributed by atoms with Crippen LogP contribution in [0.5, 0.6) is 5.75 Å². The Bertz CT molecular complexity index is 811. The highest BCUT2D eigenvalue weighted by molar-refractivity contribution is 7.00. The fraction of sp³-hybridized carbons (Fsp3) is 0.778. The molecule has 0 aliphatic rings. The van der Waals surface area contributed by atoms with E-state index in [1.807, 2.05) is 0 Å². The van der Waals surface area contributed by atoms with Gasteiger partial charge in [0.15, 0.2) is 0 Å². The Morgan fingerprint density at radius 2 is 1.13 bits per heavy atom. The predicted molar refractivity (Wildman–Crippen MR) is 137 cm³/mol. The van der Waals surface area contributed by atoms with E-state index >= 15 is 0 Å². The minimum atomic E-state index is -0.0394. The summed E-state index contributed by atoms with van der Waals surface area (Å²) in [6.07, 6.45) is 13.4. The van der Waals surface area contributed by atoms with Crippen LogP contribution < -0.4 is 4.74 Å². The third-order valence-corrected chi connectivity index (χ3v) is 6.68. The molecule has 0 aliphatic carbocycles. The van der Waals surface area contributed by atoms with Crippen LogP contribution in [-0.4, -0.2) is 15.4 Å². The summed E-state index contributed by atoms with van der Waals surface area (Å²) in [6, 6.07) is 0. The van der Waals surface area contributed by atoms with Gasteiger partial charge in [0.1, 0.15) is 16.8 Å². The van der Waals surface area contributed by atoms with Gasteiger partial charge in [-0.05, 0) is 35.3 Å². The highest BCUT2D eigenvalue weighted by Gasteiger charge is 2.32. The third kappa shape index (κ3) is 7.17. The largest absolute Gasteiger partial charge is 0.493 e. The van der Waals surface area contributed by atoms with E-state index in [1.165, 1.54) is 86.2 Å². The fourth-order valence-electron chi connectivity index (χ4n) is 4.66. The predicted octanol–water partition coefficient (Wildman–Crippen LogP) is 8.89. The first-order valence-corrected chi connectivity index (χ1v) is 13.2. The van der Waals surface area contributed by atoms with Gasteiger partial charge in [0.25, 0.3) is 0 Å². The number of ether oxygens (including phenoxy) is 1. The Morgan fingerprint density at radius 1 is 0.677 bits per heavy atom. The lowest BCUT2D eigenvalue weighted by Crippen LogP contribution is -2.20. The molecule has 0 aliphatic heterocycles. The van der Waals surface area contributed by atoms with E-state index in [2.05, 4.69) is 55.4 Å². The molecule has 2 aromatic rings. The molecule has 3 nitrogen and oxygen atoms in total. The molecular weight excluding hydrogens is 400 g/mol. The summed E-state index contributed by atoms with van der Waals surface area (Å²) in [5, 5.41) is 0. The molecule has 4 heteroatoms. The van der Waals surface area contributed by atoms with E-state index in [0.29, 0.717) is 0 Å². The van der Waals surface area contributed by atoms with Gasteiger partial charge in [0, 0.05) is 5.56 Å². The third-order valence-electron chi connectivity index (χ3n) is 6.15. The Morgan fingerprint density at radius 3 is 1.61 bits per heavy atom.